The Bertz CT molecular complexity index is 265. The SMILES string of the molecule is C[C@@H](N)[C@@H](O)c1ncccc1F. The van der Waals surface area contributed by atoms with Crippen molar-refractivity contribution in [3.8, 4) is 0 Å². The number of hydrogen-bond acceptors (Lipinski definition) is 3. The molecule has 0 fully saturated rings. The highest BCUT2D eigenvalue weighted by molar-refractivity contribution is 5.11. The summed E-state index contributed by atoms with van der Waals surface area (Å²) in [6.07, 6.45) is 0.385. The second kappa shape index (κ2) is 3.60. The molecular formula is C8H11FN2O. The summed E-state index contributed by atoms with van der Waals surface area (Å²) in [6.45, 7) is 1.60. The fraction of sp³-hybridized carbons (Fsp3) is 0.375. The first-order chi connectivity index (χ1) is 5.63. The Kier molecular flexibility index (Phi) is 2.73. The quantitative estimate of drug-likeness (QED) is 0.683. The largest absolute Gasteiger partial charge is 0.385 e. The van der Waals surface area contributed by atoms with Crippen LogP contribution in [0.3, 0.4) is 0 Å². The second-order valence-electron chi connectivity index (χ2n) is 2.67. The number of halogens is 1. The number of aliphatic hydroxyl groups excluding tert-OH is 1. The molecule has 0 aliphatic rings. The van der Waals surface area contributed by atoms with Crippen LogP contribution in [0.4, 0.5) is 4.39 Å². The first-order valence-corrected chi connectivity index (χ1v) is 3.67. The third-order valence-corrected chi connectivity index (χ3v) is 1.57. The number of nitrogens with two attached hydrogens (primary N) is 1. The Morgan fingerprint density at radius 2 is 2.33 bits per heavy atom. The zero-order chi connectivity index (χ0) is 9.14. The molecule has 0 aliphatic carbocycles. The molecule has 3 N–H and O–H groups in total. The van der Waals surface area contributed by atoms with E-state index in [2.05, 4.69) is 4.98 Å². The van der Waals surface area contributed by atoms with E-state index in [4.69, 9.17) is 5.73 Å². The van der Waals surface area contributed by atoms with Crippen molar-refractivity contribution in [2.24, 2.45) is 5.73 Å². The highest BCUT2D eigenvalue weighted by Gasteiger charge is 2.17. The van der Waals surface area contributed by atoms with Crippen LogP contribution >= 0.6 is 0 Å². The minimum Gasteiger partial charge on any atom is -0.385 e. The molecule has 3 nitrogen and oxygen atoms in total. The van der Waals surface area contributed by atoms with E-state index in [-0.39, 0.29) is 5.69 Å². The van der Waals surface area contributed by atoms with E-state index < -0.39 is 18.0 Å². The number of rotatable bonds is 2. The summed E-state index contributed by atoms with van der Waals surface area (Å²) in [7, 11) is 0. The lowest BCUT2D eigenvalue weighted by molar-refractivity contribution is 0.144. The number of nitrogens with zero attached hydrogens (tertiary/aromatic N) is 1. The predicted molar refractivity (Wildman–Crippen MR) is 42.8 cm³/mol. The first-order valence-electron chi connectivity index (χ1n) is 3.67. The summed E-state index contributed by atoms with van der Waals surface area (Å²) in [6, 6.07) is 2.19. The zero-order valence-electron chi connectivity index (χ0n) is 6.74. The Morgan fingerprint density at radius 3 is 2.83 bits per heavy atom. The fourth-order valence-corrected chi connectivity index (χ4v) is 0.865. The van der Waals surface area contributed by atoms with Crippen molar-refractivity contribution in [3.05, 3.63) is 29.8 Å². The van der Waals surface area contributed by atoms with E-state index in [0.29, 0.717) is 0 Å². The molecule has 0 spiro atoms. The number of aliphatic hydroxyl groups is 1. The maximum atomic E-state index is 12.9. The van der Waals surface area contributed by atoms with Crippen LogP contribution in [0.1, 0.15) is 18.7 Å². The maximum Gasteiger partial charge on any atom is 0.147 e. The van der Waals surface area contributed by atoms with Gasteiger partial charge >= 0.3 is 0 Å². The Labute approximate surface area is 70.0 Å². The molecule has 4 heteroatoms. The van der Waals surface area contributed by atoms with Gasteiger partial charge in [-0.1, -0.05) is 0 Å². The topological polar surface area (TPSA) is 59.1 Å². The molecule has 0 aliphatic heterocycles. The Morgan fingerprint density at radius 1 is 1.67 bits per heavy atom. The lowest BCUT2D eigenvalue weighted by Crippen LogP contribution is -2.25. The molecule has 1 aromatic heterocycles. The molecule has 0 bridgehead atoms. The Balaban J connectivity index is 2.94. The van der Waals surface area contributed by atoms with Gasteiger partial charge in [-0.25, -0.2) is 4.39 Å². The van der Waals surface area contributed by atoms with E-state index in [1.165, 1.54) is 18.3 Å². The maximum absolute atomic E-state index is 12.9. The van der Waals surface area contributed by atoms with Crippen molar-refractivity contribution in [2.75, 3.05) is 0 Å². The van der Waals surface area contributed by atoms with Crippen molar-refractivity contribution < 1.29 is 9.50 Å². The van der Waals surface area contributed by atoms with Gasteiger partial charge in [0.15, 0.2) is 0 Å². The number of hydrogen-bond donors (Lipinski definition) is 2. The average Bonchev–Trinajstić information content (AvgIpc) is 2.04. The summed E-state index contributed by atoms with van der Waals surface area (Å²) in [4.78, 5) is 3.69. The van der Waals surface area contributed by atoms with Gasteiger partial charge in [0.2, 0.25) is 0 Å². The minimum absolute atomic E-state index is 0.00694. The molecule has 0 unspecified atom stereocenters. The molecule has 0 radical (unpaired) electrons. The van der Waals surface area contributed by atoms with Crippen LogP contribution in [-0.4, -0.2) is 16.1 Å². The van der Waals surface area contributed by atoms with Crippen LogP contribution in [-0.2, 0) is 0 Å². The molecular weight excluding hydrogens is 159 g/mol. The Hall–Kier alpha value is -1.00. The number of pyridine rings is 1. The minimum atomic E-state index is -1.04. The van der Waals surface area contributed by atoms with Crippen LogP contribution < -0.4 is 5.73 Å². The summed E-state index contributed by atoms with van der Waals surface area (Å²) in [5, 5.41) is 9.35. The normalized spacial score (nSPS) is 15.7. The van der Waals surface area contributed by atoms with Crippen LogP contribution in [0.5, 0.6) is 0 Å². The average molecular weight is 170 g/mol. The molecule has 0 saturated heterocycles. The van der Waals surface area contributed by atoms with Gasteiger partial charge in [-0.3, -0.25) is 4.98 Å². The van der Waals surface area contributed by atoms with Crippen molar-refractivity contribution >= 4 is 0 Å². The molecule has 0 saturated carbocycles. The van der Waals surface area contributed by atoms with Gasteiger partial charge < -0.3 is 10.8 Å². The molecule has 0 aromatic carbocycles. The van der Waals surface area contributed by atoms with E-state index >= 15 is 0 Å². The van der Waals surface area contributed by atoms with Crippen LogP contribution in [0.2, 0.25) is 0 Å². The summed E-state index contributed by atoms with van der Waals surface area (Å²) < 4.78 is 12.9. The van der Waals surface area contributed by atoms with Crippen molar-refractivity contribution in [1.29, 1.82) is 0 Å². The monoisotopic (exact) mass is 170 g/mol. The lowest BCUT2D eigenvalue weighted by atomic mass is 10.1. The third-order valence-electron chi connectivity index (χ3n) is 1.57. The molecule has 0 amide bonds. The second-order valence-corrected chi connectivity index (χ2v) is 2.67. The van der Waals surface area contributed by atoms with E-state index in [0.717, 1.165) is 0 Å². The zero-order valence-corrected chi connectivity index (χ0v) is 6.74. The van der Waals surface area contributed by atoms with Crippen LogP contribution in [0, 0.1) is 5.82 Å². The summed E-state index contributed by atoms with van der Waals surface area (Å²) >= 11 is 0. The van der Waals surface area contributed by atoms with Gasteiger partial charge in [0, 0.05) is 12.2 Å². The van der Waals surface area contributed by atoms with Gasteiger partial charge in [0.1, 0.15) is 17.6 Å². The first kappa shape index (κ1) is 9.09. The lowest BCUT2D eigenvalue weighted by Gasteiger charge is -2.13. The fourth-order valence-electron chi connectivity index (χ4n) is 0.865. The van der Waals surface area contributed by atoms with Gasteiger partial charge in [-0.15, -0.1) is 0 Å². The smallest absolute Gasteiger partial charge is 0.147 e. The summed E-state index contributed by atoms with van der Waals surface area (Å²) in [5.74, 6) is -0.526. The number of aromatic nitrogens is 1. The summed E-state index contributed by atoms with van der Waals surface area (Å²) in [5.41, 5.74) is 5.39. The van der Waals surface area contributed by atoms with E-state index in [1.807, 2.05) is 0 Å². The van der Waals surface area contributed by atoms with Crippen molar-refractivity contribution in [1.82, 2.24) is 4.98 Å². The molecule has 2 atom stereocenters. The van der Waals surface area contributed by atoms with Gasteiger partial charge in [0.05, 0.1) is 0 Å². The molecule has 1 aromatic rings. The van der Waals surface area contributed by atoms with Crippen LogP contribution in [0.25, 0.3) is 0 Å². The van der Waals surface area contributed by atoms with Crippen molar-refractivity contribution in [2.45, 2.75) is 19.1 Å². The molecule has 66 valence electrons. The highest BCUT2D eigenvalue weighted by atomic mass is 19.1. The van der Waals surface area contributed by atoms with E-state index in [9.17, 15) is 9.50 Å². The predicted octanol–water partition coefficient (Wildman–Crippen LogP) is 0.601. The molecule has 1 heterocycles. The standard InChI is InChI=1S/C8H11FN2O/c1-5(10)8(12)7-6(9)3-2-4-11-7/h2-5,8,12H,10H2,1H3/t5-,8-/m1/s1. The van der Waals surface area contributed by atoms with Crippen molar-refractivity contribution in [3.63, 3.8) is 0 Å². The van der Waals surface area contributed by atoms with Gasteiger partial charge in [-0.05, 0) is 19.1 Å². The van der Waals surface area contributed by atoms with Crippen LogP contribution in [0.15, 0.2) is 18.3 Å². The third kappa shape index (κ3) is 1.78. The molecule has 12 heavy (non-hydrogen) atoms. The molecule has 1 rings (SSSR count). The van der Waals surface area contributed by atoms with E-state index in [1.54, 1.807) is 6.92 Å². The van der Waals surface area contributed by atoms with Gasteiger partial charge in [-0.2, -0.15) is 0 Å². The van der Waals surface area contributed by atoms with Gasteiger partial charge in [0.25, 0.3) is 0 Å². The highest BCUT2D eigenvalue weighted by Crippen LogP contribution is 2.15.